The van der Waals surface area contributed by atoms with E-state index in [0.29, 0.717) is 48.9 Å². The van der Waals surface area contributed by atoms with Gasteiger partial charge in [-0.15, -0.1) is 0 Å². The monoisotopic (exact) mass is 1460 g/mol. The molecule has 17 unspecified atom stereocenters. The lowest BCUT2D eigenvalue weighted by atomic mass is 9.52. The zero-order valence-electron chi connectivity index (χ0n) is 68.9. The van der Waals surface area contributed by atoms with E-state index in [1.165, 1.54) is 77.0 Å². The summed E-state index contributed by atoms with van der Waals surface area (Å²) in [6.45, 7) is 42.4. The number of carbonyl (C=O) groups is 8. The lowest BCUT2D eigenvalue weighted by molar-refractivity contribution is -0.225. The van der Waals surface area contributed by atoms with Gasteiger partial charge in [0.05, 0.1) is 50.9 Å². The Kier molecular flexibility index (Phi) is 27.2. The van der Waals surface area contributed by atoms with Crippen molar-refractivity contribution >= 4 is 47.8 Å². The first-order valence-corrected chi connectivity index (χ1v) is 41.9. The van der Waals surface area contributed by atoms with Crippen molar-refractivity contribution in [3.63, 3.8) is 0 Å². The molecule has 2 aliphatic heterocycles. The zero-order valence-corrected chi connectivity index (χ0v) is 68.9. The van der Waals surface area contributed by atoms with Crippen molar-refractivity contribution in [2.75, 3.05) is 13.2 Å². The lowest BCUT2D eigenvalue weighted by Crippen LogP contribution is -2.61. The second kappa shape index (κ2) is 33.1. The molecule has 14 aliphatic rings. The number of esters is 8. The highest BCUT2D eigenvalue weighted by atomic mass is 16.6. The maximum absolute atomic E-state index is 12.6. The van der Waals surface area contributed by atoms with Crippen molar-refractivity contribution in [2.24, 2.45) is 104 Å². The maximum atomic E-state index is 12.6. The smallest absolute Gasteiger partial charge is 0.312 e. The highest BCUT2D eigenvalue weighted by molar-refractivity contribution is 5.80. The van der Waals surface area contributed by atoms with Gasteiger partial charge in [-0.1, -0.05) is 75.2 Å². The van der Waals surface area contributed by atoms with Crippen LogP contribution < -0.4 is 0 Å². The van der Waals surface area contributed by atoms with Crippen LogP contribution in [0.1, 0.15) is 344 Å². The number of fused-ring (bicyclic) bond motifs is 12. The fourth-order valence-corrected chi connectivity index (χ4v) is 20.8. The number of hydrogen-bond acceptors (Lipinski definition) is 17. The van der Waals surface area contributed by atoms with Gasteiger partial charge < -0.3 is 43.0 Å². The molecular weight excluding hydrogens is 1320 g/mol. The minimum atomic E-state index is -0.555. The van der Waals surface area contributed by atoms with Crippen LogP contribution in [0.2, 0.25) is 0 Å². The standard InChI is InChI=1S/2C18H30O2.C16H26O3.C15H26O2.2C10H16O4/c2*1-5-17(3,4)16(19)20-18(6-2)11-12-10-15(18)14-9-7-8-13(12)14;1-4-14(2,3)13(17)19-16-8-11-5-12(9-16)7-15(18,6-11)10-16;1-5-14(3,4)13(16)17-15(6-2)10-11-7-8-12(15)9-11;2*1-4-10(2,3)9(12)14-7-5-8(11)13-6-7/h2*12-15H,5-11H2,1-4H3;11-12,18H,4-10H2,1-3H3;11-12H,5-10H2,1-4H3;2*7H,4-6H2,1-3H3. The number of aliphatic hydroxyl groups is 1. The van der Waals surface area contributed by atoms with Crippen molar-refractivity contribution in [3.05, 3.63) is 0 Å². The normalized spacial score (nSPS) is 36.4. The van der Waals surface area contributed by atoms with E-state index >= 15 is 0 Å². The molecule has 12 aliphatic carbocycles. The van der Waals surface area contributed by atoms with Crippen molar-refractivity contribution < 1.29 is 81.4 Å². The summed E-state index contributed by atoms with van der Waals surface area (Å²) in [7, 11) is 0. The van der Waals surface area contributed by atoms with Crippen molar-refractivity contribution in [1.29, 1.82) is 0 Å². The first kappa shape index (κ1) is 85.3. The van der Waals surface area contributed by atoms with Crippen LogP contribution in [0.5, 0.6) is 0 Å². The van der Waals surface area contributed by atoms with Crippen LogP contribution >= 0.6 is 0 Å². The number of rotatable bonds is 21. The van der Waals surface area contributed by atoms with Gasteiger partial charge in [0, 0.05) is 18.3 Å². The van der Waals surface area contributed by atoms with Crippen LogP contribution in [-0.2, 0) is 76.3 Å². The summed E-state index contributed by atoms with van der Waals surface area (Å²) in [4.78, 5) is 94.4. The van der Waals surface area contributed by atoms with Crippen LogP contribution in [0.15, 0.2) is 0 Å². The summed E-state index contributed by atoms with van der Waals surface area (Å²) in [5, 5.41) is 10.6. The largest absolute Gasteiger partial charge is 0.462 e. The van der Waals surface area contributed by atoms with E-state index in [9.17, 15) is 43.5 Å². The average molecular weight is 1460 g/mol. The van der Waals surface area contributed by atoms with Gasteiger partial charge in [-0.3, -0.25) is 38.4 Å². The van der Waals surface area contributed by atoms with Crippen LogP contribution in [0.25, 0.3) is 0 Å². The summed E-state index contributed by atoms with van der Waals surface area (Å²) in [6.07, 6.45) is 31.4. The van der Waals surface area contributed by atoms with E-state index < -0.39 is 21.8 Å². The van der Waals surface area contributed by atoms with Gasteiger partial charge in [0.2, 0.25) is 0 Å². The molecule has 0 aromatic carbocycles. The van der Waals surface area contributed by atoms with Crippen molar-refractivity contribution in [3.8, 4) is 0 Å². The molecule has 17 nitrogen and oxygen atoms in total. The fraction of sp³-hybridized carbons (Fsp3) is 0.908. The van der Waals surface area contributed by atoms with E-state index in [0.717, 1.165) is 131 Å². The quantitative estimate of drug-likeness (QED) is 0.0831. The SMILES string of the molecule is CCC(C)(C)C(=O)OC1(CC)CC2CC1C1CCCC21.CCC(C)(C)C(=O)OC1(CC)CC2CC1C1CCCC21.CCC(C)(C)C(=O)OC1(CC)CC2CCC1C2.CCC(C)(C)C(=O)OC12CC3CC(CC(O)(C3)C1)C2.CCC(C)(C)C(=O)OC1COC(=O)C1.CCC(C)(C)C(=O)OC1COC(=O)C1. The maximum Gasteiger partial charge on any atom is 0.312 e. The predicted molar refractivity (Wildman–Crippen MR) is 401 cm³/mol. The summed E-state index contributed by atoms with van der Waals surface area (Å²) < 4.78 is 44.1. The number of ether oxygens (including phenoxy) is 8. The van der Waals surface area contributed by atoms with Crippen LogP contribution in [0, 0.1) is 104 Å². The molecule has 14 rings (SSSR count). The van der Waals surface area contributed by atoms with Gasteiger partial charge in [0.15, 0.2) is 0 Å². The van der Waals surface area contributed by atoms with E-state index in [1.54, 1.807) is 0 Å². The number of cyclic esters (lactones) is 2. The minimum absolute atomic E-state index is 0.00870. The topological polar surface area (TPSA) is 231 Å². The third kappa shape index (κ3) is 18.8. The molecule has 104 heavy (non-hydrogen) atoms. The summed E-state index contributed by atoms with van der Waals surface area (Å²) in [6, 6.07) is 0. The first-order valence-electron chi connectivity index (χ1n) is 41.9. The van der Waals surface area contributed by atoms with Gasteiger partial charge in [-0.05, 0) is 309 Å². The minimum Gasteiger partial charge on any atom is -0.462 e. The van der Waals surface area contributed by atoms with E-state index in [4.69, 9.17) is 37.9 Å². The average Bonchev–Trinajstić information content (AvgIpc) is 1.31. The number of carbonyl (C=O) groups excluding carboxylic acids is 8. The summed E-state index contributed by atoms with van der Waals surface area (Å²) >= 11 is 0. The van der Waals surface area contributed by atoms with Gasteiger partial charge >= 0.3 is 47.8 Å². The molecule has 0 spiro atoms. The Morgan fingerprint density at radius 2 is 0.740 bits per heavy atom. The van der Waals surface area contributed by atoms with Crippen LogP contribution in [0.3, 0.4) is 0 Å². The highest BCUT2D eigenvalue weighted by Gasteiger charge is 2.65. The van der Waals surface area contributed by atoms with E-state index in [-0.39, 0.29) is 125 Å². The summed E-state index contributed by atoms with van der Waals surface area (Å²) in [5.41, 5.74) is -3.65. The Morgan fingerprint density at radius 1 is 0.394 bits per heavy atom. The molecule has 2 saturated heterocycles. The molecule has 17 heteroatoms. The molecular formula is C87H144O17. The molecule has 14 fully saturated rings. The predicted octanol–water partition coefficient (Wildman–Crippen LogP) is 18.7. The van der Waals surface area contributed by atoms with Gasteiger partial charge in [0.1, 0.15) is 47.8 Å². The fourth-order valence-electron chi connectivity index (χ4n) is 20.8. The molecule has 12 saturated carbocycles. The van der Waals surface area contributed by atoms with Gasteiger partial charge in [0.25, 0.3) is 0 Å². The second-order valence-corrected chi connectivity index (χ2v) is 39.1. The van der Waals surface area contributed by atoms with E-state index in [1.807, 2.05) is 104 Å². The Balaban J connectivity index is 0.000000159. The molecule has 2 heterocycles. The van der Waals surface area contributed by atoms with Gasteiger partial charge in [-0.2, -0.15) is 0 Å². The first-order chi connectivity index (χ1) is 48.5. The Hall–Kier alpha value is -4.28. The molecule has 0 amide bonds. The molecule has 0 aromatic rings. The Bertz CT molecular complexity index is 2870. The zero-order chi connectivity index (χ0) is 77.2. The molecule has 1 N–H and O–H groups in total. The van der Waals surface area contributed by atoms with Crippen LogP contribution in [-0.4, -0.2) is 106 Å². The third-order valence-electron chi connectivity index (χ3n) is 29.9. The van der Waals surface area contributed by atoms with Gasteiger partial charge in [-0.25, -0.2) is 0 Å². The molecule has 17 atom stereocenters. The summed E-state index contributed by atoms with van der Waals surface area (Å²) in [5.74, 6) is 8.05. The van der Waals surface area contributed by atoms with E-state index in [2.05, 4.69) is 41.5 Å². The number of hydrogen-bond donors (Lipinski definition) is 1. The van der Waals surface area contributed by atoms with Crippen molar-refractivity contribution in [1.82, 2.24) is 0 Å². The Labute approximate surface area is 627 Å². The molecule has 10 bridgehead atoms. The van der Waals surface area contributed by atoms with Crippen molar-refractivity contribution in [2.45, 2.75) is 385 Å². The third-order valence-corrected chi connectivity index (χ3v) is 29.9. The molecule has 0 radical (unpaired) electrons. The highest BCUT2D eigenvalue weighted by Crippen LogP contribution is 2.67. The molecule has 0 aromatic heterocycles. The second-order valence-electron chi connectivity index (χ2n) is 39.1. The molecule has 594 valence electrons. The van der Waals surface area contributed by atoms with Crippen LogP contribution in [0.4, 0.5) is 0 Å². The lowest BCUT2D eigenvalue weighted by Gasteiger charge is -2.59. The Morgan fingerprint density at radius 3 is 1.05 bits per heavy atom.